The molecule has 3 rings (SSSR count). The molecular formula is C22H27ClN2O. The van der Waals surface area contributed by atoms with Crippen molar-refractivity contribution >= 4 is 17.2 Å². The van der Waals surface area contributed by atoms with Crippen LogP contribution in [0.15, 0.2) is 48.7 Å². The van der Waals surface area contributed by atoms with Crippen molar-refractivity contribution in [1.82, 2.24) is 9.88 Å². The lowest BCUT2D eigenvalue weighted by Gasteiger charge is -2.25. The Bertz CT molecular complexity index is 739. The van der Waals surface area contributed by atoms with E-state index in [4.69, 9.17) is 16.3 Å². The van der Waals surface area contributed by atoms with Crippen LogP contribution in [0.5, 0.6) is 0 Å². The lowest BCUT2D eigenvalue weighted by molar-refractivity contribution is 0.0435. The topological polar surface area (TPSA) is 25.4 Å². The van der Waals surface area contributed by atoms with Gasteiger partial charge in [-0.2, -0.15) is 0 Å². The fourth-order valence-corrected chi connectivity index (χ4v) is 3.17. The van der Waals surface area contributed by atoms with E-state index in [1.54, 1.807) is 6.20 Å². The molecule has 0 saturated carbocycles. The summed E-state index contributed by atoms with van der Waals surface area (Å²) in [5.74, 6) is 0. The standard InChI is InChI=1S/C22H27ClN2O/c1-22(2,3)18-6-4-17(5-7-18)20(21-9-8-19(23)16-24-21)10-11-25-12-14-26-15-13-25/h4-10,16H,11-15H2,1-3H3/b20-10+. The van der Waals surface area contributed by atoms with E-state index in [0.29, 0.717) is 5.02 Å². The summed E-state index contributed by atoms with van der Waals surface area (Å²) >= 11 is 6.03. The molecule has 1 aromatic heterocycles. The molecule has 3 nitrogen and oxygen atoms in total. The van der Waals surface area contributed by atoms with Crippen molar-refractivity contribution in [3.8, 4) is 0 Å². The maximum absolute atomic E-state index is 6.03. The molecule has 0 bridgehead atoms. The van der Waals surface area contributed by atoms with Gasteiger partial charge in [-0.15, -0.1) is 0 Å². The monoisotopic (exact) mass is 370 g/mol. The molecule has 0 aliphatic carbocycles. The van der Waals surface area contributed by atoms with Gasteiger partial charge in [-0.05, 0) is 28.7 Å². The molecule has 1 aliphatic rings. The molecule has 2 aromatic rings. The Morgan fingerprint density at radius 3 is 2.38 bits per heavy atom. The molecule has 1 aromatic carbocycles. The molecular weight excluding hydrogens is 344 g/mol. The maximum atomic E-state index is 6.03. The second-order valence-electron chi connectivity index (χ2n) is 7.72. The minimum atomic E-state index is 0.148. The Morgan fingerprint density at radius 1 is 1.12 bits per heavy atom. The molecule has 138 valence electrons. The zero-order valence-electron chi connectivity index (χ0n) is 15.8. The average molecular weight is 371 g/mol. The largest absolute Gasteiger partial charge is 0.379 e. The van der Waals surface area contributed by atoms with Gasteiger partial charge in [0.1, 0.15) is 0 Å². The highest BCUT2D eigenvalue weighted by Gasteiger charge is 2.15. The zero-order chi connectivity index (χ0) is 18.6. The van der Waals surface area contributed by atoms with Gasteiger partial charge in [-0.25, -0.2) is 0 Å². The molecule has 2 heterocycles. The fraction of sp³-hybridized carbons (Fsp3) is 0.409. The van der Waals surface area contributed by atoms with Gasteiger partial charge in [0.25, 0.3) is 0 Å². The Morgan fingerprint density at radius 2 is 1.81 bits per heavy atom. The van der Waals surface area contributed by atoms with E-state index in [0.717, 1.165) is 44.1 Å². The number of hydrogen-bond donors (Lipinski definition) is 0. The summed E-state index contributed by atoms with van der Waals surface area (Å²) in [6, 6.07) is 12.7. The van der Waals surface area contributed by atoms with Crippen molar-refractivity contribution in [3.63, 3.8) is 0 Å². The van der Waals surface area contributed by atoms with E-state index in [2.05, 4.69) is 61.0 Å². The Hall–Kier alpha value is -1.68. The lowest BCUT2D eigenvalue weighted by atomic mass is 9.86. The summed E-state index contributed by atoms with van der Waals surface area (Å²) in [6.07, 6.45) is 3.98. The average Bonchev–Trinajstić information content (AvgIpc) is 2.64. The number of pyridine rings is 1. The first-order chi connectivity index (χ1) is 12.4. The first-order valence-corrected chi connectivity index (χ1v) is 9.54. The summed E-state index contributed by atoms with van der Waals surface area (Å²) in [5.41, 5.74) is 4.76. The van der Waals surface area contributed by atoms with Crippen LogP contribution in [-0.2, 0) is 10.2 Å². The molecule has 0 N–H and O–H groups in total. The van der Waals surface area contributed by atoms with E-state index in [1.165, 1.54) is 11.1 Å². The van der Waals surface area contributed by atoms with Gasteiger partial charge in [0, 0.05) is 31.4 Å². The van der Waals surface area contributed by atoms with Crippen molar-refractivity contribution in [1.29, 1.82) is 0 Å². The van der Waals surface area contributed by atoms with Crippen molar-refractivity contribution in [3.05, 3.63) is 70.5 Å². The van der Waals surface area contributed by atoms with Crippen LogP contribution in [0.4, 0.5) is 0 Å². The van der Waals surface area contributed by atoms with Gasteiger partial charge in [-0.1, -0.05) is 62.7 Å². The molecule has 4 heteroatoms. The number of morpholine rings is 1. The number of aromatic nitrogens is 1. The van der Waals surface area contributed by atoms with Crippen molar-refractivity contribution in [2.45, 2.75) is 26.2 Å². The SMILES string of the molecule is CC(C)(C)c1ccc(/C(=C\CN2CCOCC2)c2ccc(Cl)cn2)cc1. The molecule has 0 atom stereocenters. The third kappa shape index (κ3) is 4.94. The quantitative estimate of drug-likeness (QED) is 0.773. The molecule has 0 amide bonds. The Labute approximate surface area is 161 Å². The van der Waals surface area contributed by atoms with E-state index < -0.39 is 0 Å². The van der Waals surface area contributed by atoms with E-state index in [-0.39, 0.29) is 5.41 Å². The minimum Gasteiger partial charge on any atom is -0.379 e. The summed E-state index contributed by atoms with van der Waals surface area (Å²) in [6.45, 7) is 11.2. The van der Waals surface area contributed by atoms with Gasteiger partial charge in [0.05, 0.1) is 23.9 Å². The number of ether oxygens (including phenoxy) is 1. The third-order valence-electron chi connectivity index (χ3n) is 4.72. The normalized spacial score (nSPS) is 16.7. The summed E-state index contributed by atoms with van der Waals surface area (Å²) < 4.78 is 5.44. The predicted octanol–water partition coefficient (Wildman–Crippen LogP) is 4.80. The van der Waals surface area contributed by atoms with E-state index in [1.807, 2.05) is 12.1 Å². The van der Waals surface area contributed by atoms with Crippen LogP contribution < -0.4 is 0 Å². The van der Waals surface area contributed by atoms with Crippen LogP contribution in [0.2, 0.25) is 5.02 Å². The summed E-state index contributed by atoms with van der Waals surface area (Å²) in [4.78, 5) is 6.95. The van der Waals surface area contributed by atoms with Gasteiger partial charge in [0.2, 0.25) is 0 Å². The van der Waals surface area contributed by atoms with Crippen molar-refractivity contribution < 1.29 is 4.74 Å². The van der Waals surface area contributed by atoms with Crippen LogP contribution in [0.1, 0.15) is 37.6 Å². The highest BCUT2D eigenvalue weighted by atomic mass is 35.5. The molecule has 26 heavy (non-hydrogen) atoms. The molecule has 1 aliphatic heterocycles. The number of rotatable bonds is 4. The van der Waals surface area contributed by atoms with Crippen molar-refractivity contribution in [2.75, 3.05) is 32.8 Å². The zero-order valence-corrected chi connectivity index (χ0v) is 16.6. The highest BCUT2D eigenvalue weighted by molar-refractivity contribution is 6.30. The van der Waals surface area contributed by atoms with Crippen LogP contribution in [0, 0.1) is 0 Å². The van der Waals surface area contributed by atoms with Gasteiger partial charge in [-0.3, -0.25) is 9.88 Å². The second kappa shape index (κ2) is 8.34. The molecule has 1 saturated heterocycles. The molecule has 0 radical (unpaired) electrons. The molecule has 1 fully saturated rings. The first-order valence-electron chi connectivity index (χ1n) is 9.16. The van der Waals surface area contributed by atoms with E-state index >= 15 is 0 Å². The fourth-order valence-electron chi connectivity index (χ4n) is 3.06. The van der Waals surface area contributed by atoms with Crippen LogP contribution in [0.3, 0.4) is 0 Å². The Balaban J connectivity index is 1.90. The number of benzene rings is 1. The van der Waals surface area contributed by atoms with Crippen LogP contribution >= 0.6 is 11.6 Å². The van der Waals surface area contributed by atoms with Gasteiger partial charge >= 0.3 is 0 Å². The van der Waals surface area contributed by atoms with Crippen LogP contribution in [-0.4, -0.2) is 42.7 Å². The Kier molecular flexibility index (Phi) is 6.13. The number of halogens is 1. The summed E-state index contributed by atoms with van der Waals surface area (Å²) in [5, 5.41) is 0.657. The predicted molar refractivity (Wildman–Crippen MR) is 109 cm³/mol. The molecule has 0 unspecified atom stereocenters. The molecule has 0 spiro atoms. The third-order valence-corrected chi connectivity index (χ3v) is 4.95. The first kappa shape index (κ1) is 19.1. The number of nitrogens with zero attached hydrogens (tertiary/aromatic N) is 2. The minimum absolute atomic E-state index is 0.148. The second-order valence-corrected chi connectivity index (χ2v) is 8.16. The van der Waals surface area contributed by atoms with E-state index in [9.17, 15) is 0 Å². The maximum Gasteiger partial charge on any atom is 0.0706 e. The van der Waals surface area contributed by atoms with Crippen LogP contribution in [0.25, 0.3) is 5.57 Å². The van der Waals surface area contributed by atoms with Crippen molar-refractivity contribution in [2.24, 2.45) is 0 Å². The number of hydrogen-bond acceptors (Lipinski definition) is 3. The lowest BCUT2D eigenvalue weighted by Crippen LogP contribution is -2.36. The van der Waals surface area contributed by atoms with Gasteiger partial charge < -0.3 is 4.74 Å². The summed E-state index contributed by atoms with van der Waals surface area (Å²) in [7, 11) is 0. The van der Waals surface area contributed by atoms with Gasteiger partial charge in [0.15, 0.2) is 0 Å². The smallest absolute Gasteiger partial charge is 0.0706 e. The highest BCUT2D eigenvalue weighted by Crippen LogP contribution is 2.27.